The van der Waals surface area contributed by atoms with Crippen LogP contribution >= 0.6 is 0 Å². The normalized spacial score (nSPS) is 12.9. The molecule has 0 radical (unpaired) electrons. The second kappa shape index (κ2) is 5.88. The van der Waals surface area contributed by atoms with Crippen LogP contribution < -0.4 is 0 Å². The predicted octanol–water partition coefficient (Wildman–Crippen LogP) is 3.02. The van der Waals surface area contributed by atoms with Crippen molar-refractivity contribution in [2.24, 2.45) is 0 Å². The zero-order valence-electron chi connectivity index (χ0n) is 11.3. The van der Waals surface area contributed by atoms with Crippen molar-refractivity contribution >= 4 is 26.7 Å². The van der Waals surface area contributed by atoms with Gasteiger partial charge in [0.05, 0.1) is 4.92 Å². The molecule has 21 heavy (non-hydrogen) atoms. The maximum atomic E-state index is 11.0. The Morgan fingerprint density at radius 2 is 1.81 bits per heavy atom. The molecule has 2 aromatic carbocycles. The number of nitro groups is 1. The van der Waals surface area contributed by atoms with Crippen molar-refractivity contribution in [3.8, 4) is 0 Å². The molecule has 0 N–H and O–H groups in total. The van der Waals surface area contributed by atoms with Crippen LogP contribution in [-0.2, 0) is 9.84 Å². The summed E-state index contributed by atoms with van der Waals surface area (Å²) in [5.74, 6) is 0. The molecule has 0 heterocycles. The van der Waals surface area contributed by atoms with E-state index in [9.17, 15) is 18.5 Å². The highest BCUT2D eigenvalue weighted by atomic mass is 32.2. The molecule has 0 aliphatic carbocycles. The first-order valence-electron chi connectivity index (χ1n) is 6.08. The molecule has 0 amide bonds. The number of allylic oxidation sites excluding steroid dienone is 1. The first kappa shape index (κ1) is 14.9. The fraction of sp³-hybridized carbons (Fsp3) is 0.0667. The van der Waals surface area contributed by atoms with Gasteiger partial charge in [0.25, 0.3) is 5.70 Å². The largest absolute Gasteiger partial charge is 0.270 e. The fourth-order valence-electron chi connectivity index (χ4n) is 1.82. The van der Waals surface area contributed by atoms with Crippen LogP contribution in [0.1, 0.15) is 5.56 Å². The van der Waals surface area contributed by atoms with Gasteiger partial charge in [-0.15, -0.1) is 0 Å². The SMILES string of the molecule is CS(=O)(=O)/C=C/C(=C\c1ccc2ccccc2c1)[N+](=O)[O-]. The zero-order valence-corrected chi connectivity index (χ0v) is 12.1. The van der Waals surface area contributed by atoms with Crippen molar-refractivity contribution < 1.29 is 13.3 Å². The Bertz CT molecular complexity index is 851. The molecule has 0 spiro atoms. The molecule has 0 saturated carbocycles. The Morgan fingerprint density at radius 3 is 2.43 bits per heavy atom. The summed E-state index contributed by atoms with van der Waals surface area (Å²) in [6.07, 6.45) is 3.32. The lowest BCUT2D eigenvalue weighted by Gasteiger charge is -1.99. The molecule has 0 unspecified atom stereocenters. The van der Waals surface area contributed by atoms with E-state index in [0.29, 0.717) is 5.56 Å². The molecule has 2 aromatic rings. The van der Waals surface area contributed by atoms with Gasteiger partial charge in [-0.3, -0.25) is 10.1 Å². The summed E-state index contributed by atoms with van der Waals surface area (Å²) in [4.78, 5) is 10.4. The average Bonchev–Trinajstić information content (AvgIpc) is 2.42. The Balaban J connectivity index is 2.45. The van der Waals surface area contributed by atoms with Crippen molar-refractivity contribution in [2.45, 2.75) is 0 Å². The highest BCUT2D eigenvalue weighted by Crippen LogP contribution is 2.18. The number of hydrogen-bond acceptors (Lipinski definition) is 4. The number of sulfone groups is 1. The Hall–Kier alpha value is -2.47. The number of rotatable bonds is 4. The van der Waals surface area contributed by atoms with Gasteiger partial charge >= 0.3 is 0 Å². The van der Waals surface area contributed by atoms with E-state index >= 15 is 0 Å². The minimum atomic E-state index is -3.41. The van der Waals surface area contributed by atoms with E-state index in [0.717, 1.165) is 28.5 Å². The standard InChI is InChI=1S/C15H13NO4S/c1-21(19,20)9-8-15(16(17)18)11-12-6-7-13-4-2-3-5-14(13)10-12/h2-11H,1H3/b9-8+,15-11+. The van der Waals surface area contributed by atoms with Crippen LogP contribution in [0.4, 0.5) is 0 Å². The van der Waals surface area contributed by atoms with E-state index in [1.54, 1.807) is 6.07 Å². The molecule has 0 aliphatic rings. The summed E-state index contributed by atoms with van der Waals surface area (Å²) in [6.45, 7) is 0. The third-order valence-electron chi connectivity index (χ3n) is 2.78. The minimum absolute atomic E-state index is 0.282. The van der Waals surface area contributed by atoms with Crippen molar-refractivity contribution in [3.05, 3.63) is 75.3 Å². The second-order valence-electron chi connectivity index (χ2n) is 4.57. The Kier molecular flexibility index (Phi) is 4.18. The first-order chi connectivity index (χ1) is 9.85. The van der Waals surface area contributed by atoms with E-state index in [-0.39, 0.29) is 5.70 Å². The minimum Gasteiger partial charge on any atom is -0.258 e. The average molecular weight is 303 g/mol. The van der Waals surface area contributed by atoms with Gasteiger partial charge in [-0.2, -0.15) is 0 Å². The van der Waals surface area contributed by atoms with E-state index in [1.165, 1.54) is 6.08 Å². The molecule has 6 heteroatoms. The van der Waals surface area contributed by atoms with Gasteiger partial charge in [-0.25, -0.2) is 8.42 Å². The summed E-state index contributed by atoms with van der Waals surface area (Å²) in [7, 11) is -3.41. The highest BCUT2D eigenvalue weighted by Gasteiger charge is 2.08. The van der Waals surface area contributed by atoms with Crippen molar-refractivity contribution in [3.63, 3.8) is 0 Å². The molecule has 5 nitrogen and oxygen atoms in total. The summed E-state index contributed by atoms with van der Waals surface area (Å²) in [6, 6.07) is 13.1. The molecule has 108 valence electrons. The van der Waals surface area contributed by atoms with Crippen LogP contribution in [0.5, 0.6) is 0 Å². The molecule has 0 aliphatic heterocycles. The van der Waals surface area contributed by atoms with E-state index in [1.807, 2.05) is 36.4 Å². The molecule has 0 bridgehead atoms. The quantitative estimate of drug-likeness (QED) is 0.494. The fourth-order valence-corrected chi connectivity index (χ4v) is 2.21. The molecule has 0 fully saturated rings. The van der Waals surface area contributed by atoms with Gasteiger partial charge in [0, 0.05) is 23.8 Å². The molecule has 0 atom stereocenters. The smallest absolute Gasteiger partial charge is 0.258 e. The third-order valence-corrected chi connectivity index (χ3v) is 3.42. The van der Waals surface area contributed by atoms with Crippen molar-refractivity contribution in [2.75, 3.05) is 6.26 Å². The number of benzene rings is 2. The lowest BCUT2D eigenvalue weighted by atomic mass is 10.1. The van der Waals surface area contributed by atoms with Gasteiger partial charge in [0.2, 0.25) is 0 Å². The summed E-state index contributed by atoms with van der Waals surface area (Å²) in [5, 5.41) is 13.8. The van der Waals surface area contributed by atoms with Gasteiger partial charge in [-0.05, 0) is 22.4 Å². The van der Waals surface area contributed by atoms with Crippen LogP contribution in [0, 0.1) is 10.1 Å². The molecular formula is C15H13NO4S. The maximum absolute atomic E-state index is 11.0. The topological polar surface area (TPSA) is 77.3 Å². The number of fused-ring (bicyclic) bond motifs is 1. The monoisotopic (exact) mass is 303 g/mol. The Labute approximate surface area is 122 Å². The van der Waals surface area contributed by atoms with Gasteiger partial charge < -0.3 is 0 Å². The lowest BCUT2D eigenvalue weighted by Crippen LogP contribution is -1.97. The summed E-state index contributed by atoms with van der Waals surface area (Å²) in [5.41, 5.74) is 0.356. The van der Waals surface area contributed by atoms with E-state index < -0.39 is 14.8 Å². The third kappa shape index (κ3) is 4.25. The van der Waals surface area contributed by atoms with Gasteiger partial charge in [0.15, 0.2) is 9.84 Å². The van der Waals surface area contributed by atoms with Crippen LogP contribution in [0.3, 0.4) is 0 Å². The molecule has 0 aromatic heterocycles. The molecule has 0 saturated heterocycles. The van der Waals surface area contributed by atoms with E-state index in [2.05, 4.69) is 0 Å². The highest BCUT2D eigenvalue weighted by molar-refractivity contribution is 7.93. The number of hydrogen-bond donors (Lipinski definition) is 0. The van der Waals surface area contributed by atoms with Crippen molar-refractivity contribution in [1.82, 2.24) is 0 Å². The summed E-state index contributed by atoms with van der Waals surface area (Å²) < 4.78 is 22.1. The molecular weight excluding hydrogens is 290 g/mol. The zero-order chi connectivity index (χ0) is 15.5. The van der Waals surface area contributed by atoms with Gasteiger partial charge in [0.1, 0.15) is 0 Å². The second-order valence-corrected chi connectivity index (χ2v) is 6.50. The first-order valence-corrected chi connectivity index (χ1v) is 8.04. The van der Waals surface area contributed by atoms with Crippen LogP contribution in [0.25, 0.3) is 16.8 Å². The van der Waals surface area contributed by atoms with Crippen molar-refractivity contribution in [1.29, 1.82) is 0 Å². The van der Waals surface area contributed by atoms with Crippen LogP contribution in [0.15, 0.2) is 59.6 Å². The molecule has 2 rings (SSSR count). The van der Waals surface area contributed by atoms with Gasteiger partial charge in [-0.1, -0.05) is 36.4 Å². The van der Waals surface area contributed by atoms with Crippen LogP contribution in [0.2, 0.25) is 0 Å². The predicted molar refractivity (Wildman–Crippen MR) is 82.9 cm³/mol. The lowest BCUT2D eigenvalue weighted by molar-refractivity contribution is -0.417. The van der Waals surface area contributed by atoms with Crippen LogP contribution in [-0.4, -0.2) is 19.6 Å². The Morgan fingerprint density at radius 1 is 1.14 bits per heavy atom. The summed E-state index contributed by atoms with van der Waals surface area (Å²) >= 11 is 0. The van der Waals surface area contributed by atoms with E-state index in [4.69, 9.17) is 0 Å². The maximum Gasteiger partial charge on any atom is 0.270 e. The number of nitrogens with zero attached hydrogens (tertiary/aromatic N) is 1.